The van der Waals surface area contributed by atoms with E-state index in [0.717, 1.165) is 17.9 Å². The first-order valence-corrected chi connectivity index (χ1v) is 6.40. The first-order valence-electron chi connectivity index (χ1n) is 5.24. The van der Waals surface area contributed by atoms with Gasteiger partial charge in [-0.3, -0.25) is 9.59 Å². The average molecular weight is 229 g/mol. The van der Waals surface area contributed by atoms with Gasteiger partial charge in [0.05, 0.1) is 0 Å². The molecule has 2 fully saturated rings. The van der Waals surface area contributed by atoms with Crippen molar-refractivity contribution in [2.75, 3.05) is 18.1 Å². The Kier molecular flexibility index (Phi) is 2.91. The SMILES string of the molecule is O=C(O)C1(C(=O)NCC2CCSC2)CC1. The number of carboxylic acids is 1. The Bertz CT molecular complexity index is 282. The quantitative estimate of drug-likeness (QED) is 0.697. The number of aliphatic carboxylic acids is 1. The Hall–Kier alpha value is -0.710. The number of carbonyl (C=O) groups is 2. The molecule has 1 aliphatic heterocycles. The molecule has 0 radical (unpaired) electrons. The van der Waals surface area contributed by atoms with Crippen LogP contribution in [-0.4, -0.2) is 35.0 Å². The van der Waals surface area contributed by atoms with Crippen molar-refractivity contribution in [1.82, 2.24) is 5.32 Å². The summed E-state index contributed by atoms with van der Waals surface area (Å²) >= 11 is 1.90. The van der Waals surface area contributed by atoms with Crippen LogP contribution < -0.4 is 5.32 Å². The van der Waals surface area contributed by atoms with Crippen LogP contribution in [0, 0.1) is 11.3 Å². The molecule has 2 rings (SSSR count). The predicted molar refractivity (Wildman–Crippen MR) is 57.7 cm³/mol. The summed E-state index contributed by atoms with van der Waals surface area (Å²) in [7, 11) is 0. The highest BCUT2D eigenvalue weighted by molar-refractivity contribution is 7.99. The number of amides is 1. The molecule has 2 aliphatic rings. The van der Waals surface area contributed by atoms with Crippen LogP contribution in [0.25, 0.3) is 0 Å². The monoisotopic (exact) mass is 229 g/mol. The molecule has 1 atom stereocenters. The van der Waals surface area contributed by atoms with E-state index in [2.05, 4.69) is 5.32 Å². The molecule has 0 aromatic carbocycles. The lowest BCUT2D eigenvalue weighted by Gasteiger charge is -2.13. The van der Waals surface area contributed by atoms with E-state index in [1.807, 2.05) is 11.8 Å². The molecule has 0 aromatic heterocycles. The maximum atomic E-state index is 11.6. The van der Waals surface area contributed by atoms with Crippen molar-refractivity contribution < 1.29 is 14.7 Å². The van der Waals surface area contributed by atoms with Crippen molar-refractivity contribution in [3.63, 3.8) is 0 Å². The summed E-state index contributed by atoms with van der Waals surface area (Å²) in [6.45, 7) is 0.640. The summed E-state index contributed by atoms with van der Waals surface area (Å²) in [5, 5.41) is 11.7. The fraction of sp³-hybridized carbons (Fsp3) is 0.800. The fourth-order valence-corrected chi connectivity index (χ4v) is 3.10. The molecule has 5 heteroatoms. The van der Waals surface area contributed by atoms with E-state index in [0.29, 0.717) is 25.3 Å². The van der Waals surface area contributed by atoms with Crippen LogP contribution >= 0.6 is 11.8 Å². The summed E-state index contributed by atoms with van der Waals surface area (Å²) in [4.78, 5) is 22.5. The van der Waals surface area contributed by atoms with Crippen molar-refractivity contribution in [2.45, 2.75) is 19.3 Å². The molecule has 1 saturated carbocycles. The van der Waals surface area contributed by atoms with Crippen molar-refractivity contribution in [2.24, 2.45) is 11.3 Å². The zero-order valence-electron chi connectivity index (χ0n) is 8.49. The minimum Gasteiger partial charge on any atom is -0.480 e. The summed E-state index contributed by atoms with van der Waals surface area (Å²) in [6.07, 6.45) is 2.12. The van der Waals surface area contributed by atoms with Crippen molar-refractivity contribution in [3.8, 4) is 0 Å². The van der Waals surface area contributed by atoms with Gasteiger partial charge in [0.15, 0.2) is 0 Å². The van der Waals surface area contributed by atoms with E-state index < -0.39 is 11.4 Å². The lowest BCUT2D eigenvalue weighted by atomic mass is 10.1. The molecule has 1 unspecified atom stereocenters. The first-order chi connectivity index (χ1) is 7.15. The standard InChI is InChI=1S/C10H15NO3S/c12-8(10(2-3-10)9(13)14)11-5-7-1-4-15-6-7/h7H,1-6H2,(H,11,12)(H,13,14). The van der Waals surface area contributed by atoms with Crippen LogP contribution in [0.4, 0.5) is 0 Å². The van der Waals surface area contributed by atoms with Gasteiger partial charge in [-0.15, -0.1) is 0 Å². The zero-order valence-corrected chi connectivity index (χ0v) is 9.31. The minimum absolute atomic E-state index is 0.285. The Labute approximate surface area is 92.8 Å². The van der Waals surface area contributed by atoms with Crippen LogP contribution in [0.1, 0.15) is 19.3 Å². The number of thioether (sulfide) groups is 1. The van der Waals surface area contributed by atoms with Crippen LogP contribution in [-0.2, 0) is 9.59 Å². The van der Waals surface area contributed by atoms with E-state index in [9.17, 15) is 9.59 Å². The van der Waals surface area contributed by atoms with Gasteiger partial charge in [0.1, 0.15) is 5.41 Å². The number of carbonyl (C=O) groups excluding carboxylic acids is 1. The second kappa shape index (κ2) is 4.04. The summed E-state index contributed by atoms with van der Waals surface area (Å²) in [6, 6.07) is 0. The highest BCUT2D eigenvalue weighted by atomic mass is 32.2. The van der Waals surface area contributed by atoms with Gasteiger partial charge >= 0.3 is 5.97 Å². The molecule has 0 bridgehead atoms. The van der Waals surface area contributed by atoms with Gasteiger partial charge < -0.3 is 10.4 Å². The topological polar surface area (TPSA) is 66.4 Å². The fourth-order valence-electron chi connectivity index (χ4n) is 1.81. The molecule has 1 heterocycles. The second-order valence-electron chi connectivity index (χ2n) is 4.33. The lowest BCUT2D eigenvalue weighted by Crippen LogP contribution is -2.39. The number of carboxylic acid groups (broad SMARTS) is 1. The molecule has 0 aromatic rings. The molecule has 1 saturated heterocycles. The highest BCUT2D eigenvalue weighted by Gasteiger charge is 2.57. The lowest BCUT2D eigenvalue weighted by molar-refractivity contribution is -0.149. The van der Waals surface area contributed by atoms with Crippen LogP contribution in [0.5, 0.6) is 0 Å². The van der Waals surface area contributed by atoms with E-state index in [-0.39, 0.29) is 5.91 Å². The van der Waals surface area contributed by atoms with Gasteiger partial charge in [0, 0.05) is 6.54 Å². The van der Waals surface area contributed by atoms with Gasteiger partial charge in [-0.25, -0.2) is 0 Å². The van der Waals surface area contributed by atoms with Gasteiger partial charge in [0.25, 0.3) is 0 Å². The molecule has 0 spiro atoms. The minimum atomic E-state index is -1.08. The Morgan fingerprint density at radius 1 is 1.47 bits per heavy atom. The molecule has 4 nitrogen and oxygen atoms in total. The number of rotatable bonds is 4. The summed E-state index contributed by atoms with van der Waals surface area (Å²) in [5.41, 5.74) is -1.08. The molecule has 1 aliphatic carbocycles. The molecule has 15 heavy (non-hydrogen) atoms. The van der Waals surface area contributed by atoms with Crippen molar-refractivity contribution >= 4 is 23.6 Å². The molecular weight excluding hydrogens is 214 g/mol. The van der Waals surface area contributed by atoms with E-state index in [1.54, 1.807) is 0 Å². The average Bonchev–Trinajstić information content (AvgIpc) is 2.87. The molecule has 84 valence electrons. The van der Waals surface area contributed by atoms with Gasteiger partial charge in [0.2, 0.25) is 5.91 Å². The van der Waals surface area contributed by atoms with Gasteiger partial charge in [-0.2, -0.15) is 11.8 Å². The second-order valence-corrected chi connectivity index (χ2v) is 5.48. The van der Waals surface area contributed by atoms with Crippen LogP contribution in [0.15, 0.2) is 0 Å². The number of nitrogens with one attached hydrogen (secondary N) is 1. The van der Waals surface area contributed by atoms with E-state index >= 15 is 0 Å². The highest BCUT2D eigenvalue weighted by Crippen LogP contribution is 2.46. The van der Waals surface area contributed by atoms with E-state index in [1.165, 1.54) is 0 Å². The summed E-state index contributed by atoms with van der Waals surface area (Å²) in [5.74, 6) is 1.52. The van der Waals surface area contributed by atoms with Crippen molar-refractivity contribution in [3.05, 3.63) is 0 Å². The Morgan fingerprint density at radius 3 is 2.67 bits per heavy atom. The maximum Gasteiger partial charge on any atom is 0.319 e. The normalized spacial score (nSPS) is 27.3. The zero-order chi connectivity index (χ0) is 10.9. The first kappa shape index (κ1) is 10.8. The van der Waals surface area contributed by atoms with Crippen molar-refractivity contribution in [1.29, 1.82) is 0 Å². The summed E-state index contributed by atoms with van der Waals surface area (Å²) < 4.78 is 0. The molecule has 2 N–H and O–H groups in total. The van der Waals surface area contributed by atoms with Crippen LogP contribution in [0.3, 0.4) is 0 Å². The third-order valence-electron chi connectivity index (χ3n) is 3.17. The third-order valence-corrected chi connectivity index (χ3v) is 4.40. The predicted octanol–water partition coefficient (Wildman–Crippen LogP) is 0.720. The maximum absolute atomic E-state index is 11.6. The number of hydrogen-bond donors (Lipinski definition) is 2. The third kappa shape index (κ3) is 2.12. The Morgan fingerprint density at radius 2 is 2.20 bits per heavy atom. The smallest absolute Gasteiger partial charge is 0.319 e. The largest absolute Gasteiger partial charge is 0.480 e. The van der Waals surface area contributed by atoms with Gasteiger partial charge in [-0.1, -0.05) is 0 Å². The van der Waals surface area contributed by atoms with Crippen LogP contribution in [0.2, 0.25) is 0 Å². The molecular formula is C10H15NO3S. The van der Waals surface area contributed by atoms with E-state index in [4.69, 9.17) is 5.11 Å². The van der Waals surface area contributed by atoms with Gasteiger partial charge in [-0.05, 0) is 36.7 Å². The number of hydrogen-bond acceptors (Lipinski definition) is 3. The Balaban J connectivity index is 1.79. The molecule has 1 amide bonds.